The zero-order chi connectivity index (χ0) is 19.1. The molecule has 0 aliphatic heterocycles. The summed E-state index contributed by atoms with van der Waals surface area (Å²) >= 11 is 6.26. The minimum Gasteiger partial charge on any atom is -0.487 e. The molecule has 0 radical (unpaired) electrons. The van der Waals surface area contributed by atoms with Gasteiger partial charge in [-0.3, -0.25) is 4.79 Å². The van der Waals surface area contributed by atoms with Crippen molar-refractivity contribution < 1.29 is 19.4 Å². The summed E-state index contributed by atoms with van der Waals surface area (Å²) in [5, 5.41) is 14.4. The Morgan fingerprint density at radius 2 is 2.00 bits per heavy atom. The summed E-state index contributed by atoms with van der Waals surface area (Å²) in [6, 6.07) is 5.35. The van der Waals surface area contributed by atoms with Crippen molar-refractivity contribution in [1.82, 2.24) is 0 Å². The molecule has 2 unspecified atom stereocenters. The molecule has 27 heavy (non-hydrogen) atoms. The Morgan fingerprint density at radius 3 is 2.67 bits per heavy atom. The third-order valence-corrected chi connectivity index (χ3v) is 6.76. The van der Waals surface area contributed by atoms with E-state index >= 15 is 0 Å². The van der Waals surface area contributed by atoms with E-state index in [1.54, 1.807) is 25.3 Å². The molecule has 0 heterocycles. The molecule has 0 aromatic heterocycles. The van der Waals surface area contributed by atoms with Gasteiger partial charge in [-0.05, 0) is 67.9 Å². The Bertz CT molecular complexity index is 708. The van der Waals surface area contributed by atoms with Gasteiger partial charge in [-0.25, -0.2) is 0 Å². The highest BCUT2D eigenvalue weighted by Gasteiger charge is 2.57. The Balaban J connectivity index is 1.45. The molecule has 0 saturated heterocycles. The maximum Gasteiger partial charge on any atom is 0.225 e. The van der Waals surface area contributed by atoms with Crippen molar-refractivity contribution in [3.8, 4) is 5.75 Å². The number of hydrogen-bond acceptors (Lipinski definition) is 4. The molecule has 5 nitrogen and oxygen atoms in total. The zero-order valence-corrected chi connectivity index (χ0v) is 16.6. The lowest BCUT2D eigenvalue weighted by molar-refractivity contribution is -0.167. The van der Waals surface area contributed by atoms with E-state index in [9.17, 15) is 9.90 Å². The van der Waals surface area contributed by atoms with Crippen molar-refractivity contribution in [3.63, 3.8) is 0 Å². The predicted molar refractivity (Wildman–Crippen MR) is 104 cm³/mol. The molecule has 1 aromatic carbocycles. The lowest BCUT2D eigenvalue weighted by atomic mass is 9.47. The molecule has 0 spiro atoms. The Kier molecular flexibility index (Phi) is 5.12. The number of methoxy groups -OCH3 is 1. The summed E-state index contributed by atoms with van der Waals surface area (Å²) in [6.45, 7) is 0.812. The first-order valence-corrected chi connectivity index (χ1v) is 10.2. The molecule has 6 heteroatoms. The number of rotatable bonds is 7. The second-order valence-corrected chi connectivity index (χ2v) is 9.28. The first-order valence-electron chi connectivity index (χ1n) is 9.83. The average Bonchev–Trinajstić information content (AvgIpc) is 2.54. The van der Waals surface area contributed by atoms with Gasteiger partial charge in [0.25, 0.3) is 0 Å². The number of nitrogens with one attached hydrogen (secondary N) is 1. The van der Waals surface area contributed by atoms with Crippen molar-refractivity contribution in [3.05, 3.63) is 23.2 Å². The van der Waals surface area contributed by atoms with E-state index in [2.05, 4.69) is 5.32 Å². The SMILES string of the molecule is COCCOc1c(Cl)cccc1NC(=O)CC12CC3CC(CC(O)(C3)C1)C2. The fraction of sp³-hybridized carbons (Fsp3) is 0.667. The molecule has 4 bridgehead atoms. The van der Waals surface area contributed by atoms with E-state index in [-0.39, 0.29) is 11.3 Å². The van der Waals surface area contributed by atoms with Crippen molar-refractivity contribution >= 4 is 23.2 Å². The summed E-state index contributed by atoms with van der Waals surface area (Å²) in [6.07, 6.45) is 6.38. The zero-order valence-electron chi connectivity index (χ0n) is 15.8. The molecule has 4 saturated carbocycles. The first-order chi connectivity index (χ1) is 12.9. The van der Waals surface area contributed by atoms with E-state index in [0.29, 0.717) is 47.9 Å². The molecule has 4 aliphatic rings. The fourth-order valence-electron chi connectivity index (χ4n) is 6.12. The van der Waals surface area contributed by atoms with Crippen LogP contribution in [0.4, 0.5) is 5.69 Å². The minimum absolute atomic E-state index is 0.0283. The van der Waals surface area contributed by atoms with Crippen LogP contribution >= 0.6 is 11.6 Å². The number of ether oxygens (including phenoxy) is 2. The summed E-state index contributed by atoms with van der Waals surface area (Å²) in [7, 11) is 1.61. The summed E-state index contributed by atoms with van der Waals surface area (Å²) < 4.78 is 10.7. The van der Waals surface area contributed by atoms with Crippen LogP contribution in [-0.2, 0) is 9.53 Å². The number of carbonyl (C=O) groups is 1. The molecular formula is C21H28ClNO4. The Labute approximate surface area is 165 Å². The molecule has 2 N–H and O–H groups in total. The lowest BCUT2D eigenvalue weighted by Crippen LogP contribution is -2.56. The molecule has 5 rings (SSSR count). The van der Waals surface area contributed by atoms with Crippen LogP contribution in [-0.4, -0.2) is 36.9 Å². The van der Waals surface area contributed by atoms with Crippen LogP contribution in [0.5, 0.6) is 5.75 Å². The van der Waals surface area contributed by atoms with Gasteiger partial charge in [0.15, 0.2) is 5.75 Å². The van der Waals surface area contributed by atoms with Crippen LogP contribution in [0.3, 0.4) is 0 Å². The third kappa shape index (κ3) is 3.96. The van der Waals surface area contributed by atoms with Gasteiger partial charge in [0.2, 0.25) is 5.91 Å². The van der Waals surface area contributed by atoms with Crippen molar-refractivity contribution in [1.29, 1.82) is 0 Å². The van der Waals surface area contributed by atoms with Gasteiger partial charge in [-0.1, -0.05) is 17.7 Å². The Hall–Kier alpha value is -1.30. The number of aliphatic hydroxyl groups is 1. The maximum absolute atomic E-state index is 12.9. The lowest BCUT2D eigenvalue weighted by Gasteiger charge is -2.60. The van der Waals surface area contributed by atoms with Crippen LogP contribution in [0.2, 0.25) is 5.02 Å². The molecule has 1 amide bonds. The van der Waals surface area contributed by atoms with E-state index in [1.165, 1.54) is 6.42 Å². The van der Waals surface area contributed by atoms with Crippen molar-refractivity contribution in [2.45, 2.75) is 50.5 Å². The second-order valence-electron chi connectivity index (χ2n) is 8.87. The highest BCUT2D eigenvalue weighted by Crippen LogP contribution is 2.62. The number of anilines is 1. The fourth-order valence-corrected chi connectivity index (χ4v) is 6.35. The van der Waals surface area contributed by atoms with E-state index in [4.69, 9.17) is 21.1 Å². The van der Waals surface area contributed by atoms with Crippen LogP contribution in [0.1, 0.15) is 44.9 Å². The van der Waals surface area contributed by atoms with Crippen LogP contribution < -0.4 is 10.1 Å². The monoisotopic (exact) mass is 393 g/mol. The van der Waals surface area contributed by atoms with Crippen LogP contribution in [0.15, 0.2) is 18.2 Å². The highest BCUT2D eigenvalue weighted by atomic mass is 35.5. The normalized spacial score (nSPS) is 33.9. The standard InChI is InChI=1S/C21H28ClNO4/c1-26-5-6-27-19-16(22)3-2-4-17(19)23-18(24)12-20-8-14-7-15(9-20)11-21(25,10-14)13-20/h2-4,14-15,25H,5-13H2,1H3,(H,23,24). The molecular weight excluding hydrogens is 366 g/mol. The molecule has 4 fully saturated rings. The van der Waals surface area contributed by atoms with Gasteiger partial charge in [0.05, 0.1) is 22.9 Å². The van der Waals surface area contributed by atoms with Gasteiger partial charge in [0.1, 0.15) is 6.61 Å². The van der Waals surface area contributed by atoms with Crippen LogP contribution in [0, 0.1) is 17.3 Å². The van der Waals surface area contributed by atoms with Gasteiger partial charge in [-0.2, -0.15) is 0 Å². The van der Waals surface area contributed by atoms with Crippen molar-refractivity contribution in [2.75, 3.05) is 25.6 Å². The van der Waals surface area contributed by atoms with E-state index < -0.39 is 5.60 Å². The largest absolute Gasteiger partial charge is 0.487 e. The molecule has 1 aromatic rings. The maximum atomic E-state index is 12.9. The van der Waals surface area contributed by atoms with Crippen molar-refractivity contribution in [2.24, 2.45) is 17.3 Å². The number of benzene rings is 1. The average molecular weight is 394 g/mol. The number of carbonyl (C=O) groups excluding carboxylic acids is 1. The molecule has 148 valence electrons. The highest BCUT2D eigenvalue weighted by molar-refractivity contribution is 6.32. The number of amides is 1. The topological polar surface area (TPSA) is 67.8 Å². The number of halogens is 1. The predicted octanol–water partition coefficient (Wildman–Crippen LogP) is 4.03. The molecule has 4 aliphatic carbocycles. The summed E-state index contributed by atoms with van der Waals surface area (Å²) in [4.78, 5) is 12.9. The first kappa shape index (κ1) is 19.0. The number of hydrogen-bond donors (Lipinski definition) is 2. The minimum atomic E-state index is -0.547. The van der Waals surface area contributed by atoms with Gasteiger partial charge >= 0.3 is 0 Å². The summed E-state index contributed by atoms with van der Waals surface area (Å²) in [5.74, 6) is 1.60. The van der Waals surface area contributed by atoms with Gasteiger partial charge in [-0.15, -0.1) is 0 Å². The van der Waals surface area contributed by atoms with Crippen LogP contribution in [0.25, 0.3) is 0 Å². The summed E-state index contributed by atoms with van der Waals surface area (Å²) in [5.41, 5.74) is -0.0139. The number of para-hydroxylation sites is 1. The second kappa shape index (κ2) is 7.26. The quantitative estimate of drug-likeness (QED) is 0.686. The van der Waals surface area contributed by atoms with Gasteiger partial charge in [0, 0.05) is 13.5 Å². The van der Waals surface area contributed by atoms with E-state index in [1.807, 2.05) is 0 Å². The molecule has 2 atom stereocenters. The Morgan fingerprint density at radius 1 is 1.26 bits per heavy atom. The third-order valence-electron chi connectivity index (χ3n) is 6.46. The van der Waals surface area contributed by atoms with Gasteiger partial charge < -0.3 is 19.9 Å². The van der Waals surface area contributed by atoms with E-state index in [0.717, 1.165) is 32.1 Å². The smallest absolute Gasteiger partial charge is 0.225 e.